The van der Waals surface area contributed by atoms with Gasteiger partial charge in [0.2, 0.25) is 0 Å². The third-order valence-corrected chi connectivity index (χ3v) is 4.77. The van der Waals surface area contributed by atoms with Crippen molar-refractivity contribution in [2.75, 3.05) is 19.0 Å². The van der Waals surface area contributed by atoms with Crippen molar-refractivity contribution in [3.05, 3.63) is 0 Å². The number of hydrogen-bond donors (Lipinski definition) is 2. The molecule has 0 fully saturated rings. The molecular weight excluding hydrogens is 278 g/mol. The molecule has 0 spiro atoms. The van der Waals surface area contributed by atoms with Crippen LogP contribution < -0.4 is 5.73 Å². The van der Waals surface area contributed by atoms with Gasteiger partial charge in [-0.3, -0.25) is 0 Å². The maximum atomic E-state index is 11.1. The fourth-order valence-electron chi connectivity index (χ4n) is 2.08. The Labute approximate surface area is 125 Å². The number of carbonyl (C=O) groups excluding carboxylic acids is 1. The van der Waals surface area contributed by atoms with Gasteiger partial charge in [-0.05, 0) is 25.2 Å². The quantitative estimate of drug-likeness (QED) is 0.294. The molecule has 3 N–H and O–H groups in total. The Bertz CT molecular complexity index is 218. The molecule has 2 radical (unpaired) electrons. The van der Waals surface area contributed by atoms with Crippen LogP contribution in [0.25, 0.3) is 0 Å². The molecule has 0 heterocycles. The van der Waals surface area contributed by atoms with Gasteiger partial charge in [-0.15, -0.1) is 11.6 Å². The number of halogens is 1. The van der Waals surface area contributed by atoms with Crippen LogP contribution >= 0.6 is 11.6 Å². The van der Waals surface area contributed by atoms with E-state index in [-0.39, 0.29) is 18.6 Å². The first-order chi connectivity index (χ1) is 9.24. The minimum atomic E-state index is 0.167. The second kappa shape index (κ2) is 14.5. The number of carbonyl (C=O) groups is 1. The maximum absolute atomic E-state index is 11.1. The standard InChI is InChI=1S/C14H28ClNO2Si/c15-9-5-3-1-2-4-7-13(12-17)8-6-10-19-14(18)11-16/h13,17H,1-12,16H2. The Morgan fingerprint density at radius 1 is 1.11 bits per heavy atom. The molecule has 112 valence electrons. The first-order valence-corrected chi connectivity index (χ1v) is 9.12. The van der Waals surface area contributed by atoms with Crippen molar-refractivity contribution >= 4 is 26.5 Å². The summed E-state index contributed by atoms with van der Waals surface area (Å²) in [5.41, 5.74) is 5.27. The highest BCUT2D eigenvalue weighted by atomic mass is 35.5. The number of aliphatic hydroxyl groups is 1. The molecule has 3 nitrogen and oxygen atoms in total. The van der Waals surface area contributed by atoms with Gasteiger partial charge in [0, 0.05) is 19.0 Å². The zero-order valence-corrected chi connectivity index (χ0v) is 13.6. The van der Waals surface area contributed by atoms with Gasteiger partial charge >= 0.3 is 0 Å². The molecule has 0 aromatic rings. The van der Waals surface area contributed by atoms with Crippen molar-refractivity contribution in [3.63, 3.8) is 0 Å². The van der Waals surface area contributed by atoms with Crippen molar-refractivity contribution in [3.8, 4) is 0 Å². The molecule has 1 unspecified atom stereocenters. The van der Waals surface area contributed by atoms with Gasteiger partial charge in [-0.2, -0.15) is 0 Å². The van der Waals surface area contributed by atoms with Crippen molar-refractivity contribution in [1.29, 1.82) is 0 Å². The van der Waals surface area contributed by atoms with Crippen LogP contribution in [0.3, 0.4) is 0 Å². The minimum absolute atomic E-state index is 0.167. The Hall–Kier alpha value is 0.0969. The first-order valence-electron chi connectivity index (χ1n) is 7.38. The average molecular weight is 306 g/mol. The van der Waals surface area contributed by atoms with E-state index in [1.54, 1.807) is 0 Å². The van der Waals surface area contributed by atoms with Crippen LogP contribution in [0.2, 0.25) is 6.04 Å². The molecule has 0 aliphatic rings. The molecule has 0 aliphatic heterocycles. The van der Waals surface area contributed by atoms with Crippen LogP contribution in [-0.4, -0.2) is 39.1 Å². The Balaban J connectivity index is 3.42. The number of nitrogens with two attached hydrogens (primary N) is 1. The van der Waals surface area contributed by atoms with Crippen molar-refractivity contribution < 1.29 is 9.90 Å². The van der Waals surface area contributed by atoms with E-state index in [9.17, 15) is 9.90 Å². The lowest BCUT2D eigenvalue weighted by Gasteiger charge is -2.13. The van der Waals surface area contributed by atoms with E-state index in [0.29, 0.717) is 15.4 Å². The zero-order valence-electron chi connectivity index (χ0n) is 11.9. The van der Waals surface area contributed by atoms with Crippen molar-refractivity contribution in [1.82, 2.24) is 0 Å². The first kappa shape index (κ1) is 19.1. The lowest BCUT2D eigenvalue weighted by Crippen LogP contribution is -2.20. The third kappa shape index (κ3) is 12.9. The maximum Gasteiger partial charge on any atom is 0.134 e. The van der Waals surface area contributed by atoms with E-state index in [1.807, 2.05) is 0 Å². The summed E-state index contributed by atoms with van der Waals surface area (Å²) >= 11 is 5.63. The number of alkyl halides is 1. The van der Waals surface area contributed by atoms with Gasteiger partial charge in [0.25, 0.3) is 0 Å². The Morgan fingerprint density at radius 3 is 2.37 bits per heavy atom. The summed E-state index contributed by atoms with van der Waals surface area (Å²) in [5, 5.41) is 9.49. The van der Waals surface area contributed by atoms with Gasteiger partial charge in [0.05, 0.1) is 0 Å². The van der Waals surface area contributed by atoms with Crippen LogP contribution in [0.1, 0.15) is 51.4 Å². The molecule has 0 aliphatic carbocycles. The van der Waals surface area contributed by atoms with E-state index < -0.39 is 0 Å². The average Bonchev–Trinajstić information content (AvgIpc) is 2.44. The van der Waals surface area contributed by atoms with E-state index in [4.69, 9.17) is 17.3 Å². The van der Waals surface area contributed by atoms with Crippen LogP contribution in [-0.2, 0) is 4.79 Å². The minimum Gasteiger partial charge on any atom is -0.396 e. The topological polar surface area (TPSA) is 63.3 Å². The second-order valence-electron chi connectivity index (χ2n) is 4.99. The number of unbranched alkanes of at least 4 members (excludes halogenated alkanes) is 4. The number of rotatable bonds is 14. The predicted octanol–water partition coefficient (Wildman–Crippen LogP) is 2.56. The summed E-state index contributed by atoms with van der Waals surface area (Å²) < 4.78 is 0. The second-order valence-corrected chi connectivity index (χ2v) is 6.78. The monoisotopic (exact) mass is 305 g/mol. The lowest BCUT2D eigenvalue weighted by molar-refractivity contribution is -0.110. The molecule has 0 aromatic heterocycles. The Morgan fingerprint density at radius 2 is 1.74 bits per heavy atom. The van der Waals surface area contributed by atoms with Crippen molar-refractivity contribution in [2.24, 2.45) is 11.7 Å². The highest BCUT2D eigenvalue weighted by Gasteiger charge is 2.08. The molecule has 0 saturated heterocycles. The van der Waals surface area contributed by atoms with Gasteiger partial charge in [-0.25, -0.2) is 0 Å². The predicted molar refractivity (Wildman–Crippen MR) is 82.9 cm³/mol. The van der Waals surface area contributed by atoms with Crippen LogP contribution in [0, 0.1) is 5.92 Å². The van der Waals surface area contributed by atoms with Crippen LogP contribution in [0.4, 0.5) is 0 Å². The SMILES string of the molecule is NCC(=O)[Si]CCCC(CO)CCCCCCCCl. The fraction of sp³-hybridized carbons (Fsp3) is 0.929. The van der Waals surface area contributed by atoms with Gasteiger partial charge in [-0.1, -0.05) is 38.1 Å². The highest BCUT2D eigenvalue weighted by Crippen LogP contribution is 2.17. The van der Waals surface area contributed by atoms with E-state index >= 15 is 0 Å². The van der Waals surface area contributed by atoms with E-state index in [2.05, 4.69) is 0 Å². The zero-order chi connectivity index (χ0) is 14.3. The normalized spacial score (nSPS) is 12.6. The summed E-state index contributed by atoms with van der Waals surface area (Å²) in [7, 11) is 0.351. The largest absolute Gasteiger partial charge is 0.396 e. The summed E-state index contributed by atoms with van der Waals surface area (Å²) in [6, 6.07) is 0.933. The third-order valence-electron chi connectivity index (χ3n) is 3.30. The molecule has 0 rings (SSSR count). The summed E-state index contributed by atoms with van der Waals surface area (Å²) in [5.74, 6) is 1.17. The van der Waals surface area contributed by atoms with Gasteiger partial charge in [0.1, 0.15) is 14.9 Å². The summed E-state index contributed by atoms with van der Waals surface area (Å²) in [4.78, 5) is 11.1. The molecular formula is C14H28ClNO2Si. The summed E-state index contributed by atoms with van der Waals surface area (Å²) in [6.07, 6.45) is 9.17. The molecule has 0 saturated carbocycles. The number of hydrogen-bond acceptors (Lipinski definition) is 3. The molecule has 19 heavy (non-hydrogen) atoms. The van der Waals surface area contributed by atoms with E-state index in [1.165, 1.54) is 25.7 Å². The number of aliphatic hydroxyl groups excluding tert-OH is 1. The van der Waals surface area contributed by atoms with E-state index in [0.717, 1.165) is 37.6 Å². The van der Waals surface area contributed by atoms with Gasteiger partial charge in [0.15, 0.2) is 0 Å². The lowest BCUT2D eigenvalue weighted by atomic mass is 9.97. The summed E-state index contributed by atoms with van der Waals surface area (Å²) in [6.45, 7) is 0.444. The highest BCUT2D eigenvalue weighted by molar-refractivity contribution is 6.74. The fourth-order valence-corrected chi connectivity index (χ4v) is 3.07. The molecule has 5 heteroatoms. The molecule has 0 bridgehead atoms. The van der Waals surface area contributed by atoms with Gasteiger partial charge < -0.3 is 15.6 Å². The Kier molecular flexibility index (Phi) is 14.6. The van der Waals surface area contributed by atoms with Crippen LogP contribution in [0.5, 0.6) is 0 Å². The molecule has 0 aromatic carbocycles. The molecule has 1 atom stereocenters. The van der Waals surface area contributed by atoms with Crippen molar-refractivity contribution in [2.45, 2.75) is 57.4 Å². The smallest absolute Gasteiger partial charge is 0.134 e. The molecule has 0 amide bonds. The van der Waals surface area contributed by atoms with Crippen LogP contribution in [0.15, 0.2) is 0 Å².